The summed E-state index contributed by atoms with van der Waals surface area (Å²) in [5.41, 5.74) is 6.86. The van der Waals surface area contributed by atoms with Crippen LogP contribution in [0.2, 0.25) is 0 Å². The van der Waals surface area contributed by atoms with Gasteiger partial charge in [-0.05, 0) is 42.0 Å². The summed E-state index contributed by atoms with van der Waals surface area (Å²) >= 11 is 0. The lowest BCUT2D eigenvalue weighted by Gasteiger charge is -2.13. The summed E-state index contributed by atoms with van der Waals surface area (Å²) < 4.78 is 5.51. The minimum absolute atomic E-state index is 0.199. The van der Waals surface area contributed by atoms with E-state index in [1.165, 1.54) is 0 Å². The second-order valence-electron chi connectivity index (χ2n) is 4.00. The van der Waals surface area contributed by atoms with Gasteiger partial charge in [-0.2, -0.15) is 0 Å². The normalized spacial score (nSPS) is 12.1. The number of phenols is 2. The Morgan fingerprint density at radius 3 is 1.94 bits per heavy atom. The maximum Gasteiger partial charge on any atom is 0.119 e. The lowest BCUT2D eigenvalue weighted by molar-refractivity contribution is 0.290. The molecule has 94 valence electrons. The molecule has 2 aromatic carbocycles. The maximum absolute atomic E-state index is 9.18. The van der Waals surface area contributed by atoms with E-state index >= 15 is 0 Å². The highest BCUT2D eigenvalue weighted by Gasteiger charge is 2.06. The van der Waals surface area contributed by atoms with Crippen LogP contribution in [-0.4, -0.2) is 16.8 Å². The molecule has 0 fully saturated rings. The van der Waals surface area contributed by atoms with E-state index in [2.05, 4.69) is 0 Å². The van der Waals surface area contributed by atoms with Gasteiger partial charge in [-0.25, -0.2) is 0 Å². The number of benzene rings is 2. The zero-order valence-electron chi connectivity index (χ0n) is 9.78. The van der Waals surface area contributed by atoms with Crippen molar-refractivity contribution in [2.24, 2.45) is 5.73 Å². The predicted octanol–water partition coefficient (Wildman–Crippen LogP) is 2.18. The highest BCUT2D eigenvalue weighted by atomic mass is 16.5. The van der Waals surface area contributed by atoms with Crippen molar-refractivity contribution in [1.29, 1.82) is 0 Å². The average Bonchev–Trinajstić information content (AvgIpc) is 2.38. The molecule has 2 rings (SSSR count). The van der Waals surface area contributed by atoms with Gasteiger partial charge in [0.2, 0.25) is 0 Å². The SMILES string of the molecule is NC(COc1ccc(O)cc1)c1ccc(O)cc1. The monoisotopic (exact) mass is 245 g/mol. The molecule has 0 heterocycles. The summed E-state index contributed by atoms with van der Waals surface area (Å²) in [6.45, 7) is 0.329. The lowest BCUT2D eigenvalue weighted by Crippen LogP contribution is -2.18. The van der Waals surface area contributed by atoms with E-state index < -0.39 is 0 Å². The van der Waals surface area contributed by atoms with E-state index in [1.54, 1.807) is 48.5 Å². The number of hydrogen-bond acceptors (Lipinski definition) is 4. The second kappa shape index (κ2) is 5.42. The van der Waals surface area contributed by atoms with Crippen molar-refractivity contribution in [2.75, 3.05) is 6.61 Å². The van der Waals surface area contributed by atoms with Crippen molar-refractivity contribution in [3.8, 4) is 17.2 Å². The van der Waals surface area contributed by atoms with Gasteiger partial charge in [-0.1, -0.05) is 12.1 Å². The number of rotatable bonds is 4. The highest BCUT2D eigenvalue weighted by Crippen LogP contribution is 2.19. The smallest absolute Gasteiger partial charge is 0.119 e. The van der Waals surface area contributed by atoms with Gasteiger partial charge in [0.1, 0.15) is 23.9 Å². The topological polar surface area (TPSA) is 75.7 Å². The summed E-state index contributed by atoms with van der Waals surface area (Å²) in [4.78, 5) is 0. The van der Waals surface area contributed by atoms with Crippen LogP contribution in [0.5, 0.6) is 17.2 Å². The molecule has 0 spiro atoms. The Kier molecular flexibility index (Phi) is 3.69. The minimum atomic E-state index is -0.264. The molecule has 2 aromatic rings. The van der Waals surface area contributed by atoms with Gasteiger partial charge in [-0.3, -0.25) is 0 Å². The molecular formula is C14H15NO3. The zero-order valence-corrected chi connectivity index (χ0v) is 9.78. The van der Waals surface area contributed by atoms with Crippen LogP contribution in [0, 0.1) is 0 Å². The molecule has 0 saturated heterocycles. The van der Waals surface area contributed by atoms with Crippen LogP contribution in [0.3, 0.4) is 0 Å². The lowest BCUT2D eigenvalue weighted by atomic mass is 10.1. The third kappa shape index (κ3) is 3.15. The van der Waals surface area contributed by atoms with E-state index in [9.17, 15) is 5.11 Å². The van der Waals surface area contributed by atoms with E-state index in [0.717, 1.165) is 5.56 Å². The molecule has 0 aromatic heterocycles. The van der Waals surface area contributed by atoms with E-state index in [1.807, 2.05) is 0 Å². The summed E-state index contributed by atoms with van der Waals surface area (Å²) in [7, 11) is 0. The van der Waals surface area contributed by atoms with Crippen LogP contribution in [0.1, 0.15) is 11.6 Å². The van der Waals surface area contributed by atoms with Crippen LogP contribution in [-0.2, 0) is 0 Å². The van der Waals surface area contributed by atoms with Gasteiger partial charge < -0.3 is 20.7 Å². The Morgan fingerprint density at radius 2 is 1.39 bits per heavy atom. The third-order valence-corrected chi connectivity index (χ3v) is 2.59. The Labute approximate surface area is 105 Å². The van der Waals surface area contributed by atoms with Gasteiger partial charge in [0.15, 0.2) is 0 Å². The molecule has 1 atom stereocenters. The summed E-state index contributed by atoms with van der Waals surface area (Å²) in [6, 6.07) is 12.9. The Balaban J connectivity index is 1.93. The van der Waals surface area contributed by atoms with Crippen molar-refractivity contribution < 1.29 is 14.9 Å². The fourth-order valence-corrected chi connectivity index (χ4v) is 1.55. The molecule has 0 bridgehead atoms. The van der Waals surface area contributed by atoms with Crippen molar-refractivity contribution in [2.45, 2.75) is 6.04 Å². The van der Waals surface area contributed by atoms with Gasteiger partial charge in [-0.15, -0.1) is 0 Å². The van der Waals surface area contributed by atoms with Crippen molar-refractivity contribution >= 4 is 0 Å². The van der Waals surface area contributed by atoms with Crippen LogP contribution in [0.15, 0.2) is 48.5 Å². The summed E-state index contributed by atoms with van der Waals surface area (Å²) in [5, 5.41) is 18.3. The molecule has 4 nitrogen and oxygen atoms in total. The highest BCUT2D eigenvalue weighted by molar-refractivity contribution is 5.31. The van der Waals surface area contributed by atoms with Crippen LogP contribution >= 0.6 is 0 Å². The maximum atomic E-state index is 9.18. The van der Waals surface area contributed by atoms with Crippen LogP contribution < -0.4 is 10.5 Å². The van der Waals surface area contributed by atoms with Gasteiger partial charge in [0.25, 0.3) is 0 Å². The number of ether oxygens (including phenoxy) is 1. The van der Waals surface area contributed by atoms with Crippen LogP contribution in [0.4, 0.5) is 0 Å². The first-order valence-corrected chi connectivity index (χ1v) is 5.61. The number of phenolic OH excluding ortho intramolecular Hbond substituents is 2. The largest absolute Gasteiger partial charge is 0.508 e. The summed E-state index contributed by atoms with van der Waals surface area (Å²) in [5.74, 6) is 1.07. The molecule has 1 unspecified atom stereocenters. The Hall–Kier alpha value is -2.20. The Bertz CT molecular complexity index is 493. The average molecular weight is 245 g/mol. The predicted molar refractivity (Wildman–Crippen MR) is 68.6 cm³/mol. The molecule has 4 heteroatoms. The van der Waals surface area contributed by atoms with E-state index in [0.29, 0.717) is 12.4 Å². The second-order valence-corrected chi connectivity index (χ2v) is 4.00. The molecular weight excluding hydrogens is 230 g/mol. The standard InChI is InChI=1S/C14H15NO3/c15-14(10-1-3-11(16)4-2-10)9-18-13-7-5-12(17)6-8-13/h1-8,14,16-17H,9,15H2. The van der Waals surface area contributed by atoms with E-state index in [-0.39, 0.29) is 17.5 Å². The Morgan fingerprint density at radius 1 is 0.889 bits per heavy atom. The first-order chi connectivity index (χ1) is 8.65. The first kappa shape index (κ1) is 12.3. The molecule has 0 amide bonds. The molecule has 0 saturated carbocycles. The minimum Gasteiger partial charge on any atom is -0.508 e. The molecule has 0 radical (unpaired) electrons. The van der Waals surface area contributed by atoms with Crippen molar-refractivity contribution in [3.05, 3.63) is 54.1 Å². The number of nitrogens with two attached hydrogens (primary N) is 1. The van der Waals surface area contributed by atoms with Crippen molar-refractivity contribution in [3.63, 3.8) is 0 Å². The van der Waals surface area contributed by atoms with E-state index in [4.69, 9.17) is 15.6 Å². The summed E-state index contributed by atoms with van der Waals surface area (Å²) in [6.07, 6.45) is 0. The molecule has 0 aliphatic carbocycles. The van der Waals surface area contributed by atoms with Crippen molar-refractivity contribution in [1.82, 2.24) is 0 Å². The van der Waals surface area contributed by atoms with Gasteiger partial charge in [0.05, 0.1) is 6.04 Å². The van der Waals surface area contributed by atoms with Gasteiger partial charge >= 0.3 is 0 Å². The quantitative estimate of drug-likeness (QED) is 0.771. The molecule has 18 heavy (non-hydrogen) atoms. The number of hydrogen-bond donors (Lipinski definition) is 3. The first-order valence-electron chi connectivity index (χ1n) is 5.61. The molecule has 4 N–H and O–H groups in total. The zero-order chi connectivity index (χ0) is 13.0. The molecule has 0 aliphatic rings. The molecule has 0 aliphatic heterocycles. The third-order valence-electron chi connectivity index (χ3n) is 2.59. The van der Waals surface area contributed by atoms with Gasteiger partial charge in [0, 0.05) is 0 Å². The van der Waals surface area contributed by atoms with Crippen LogP contribution in [0.25, 0.3) is 0 Å². The number of aromatic hydroxyl groups is 2. The fourth-order valence-electron chi connectivity index (χ4n) is 1.55. The fraction of sp³-hybridized carbons (Fsp3) is 0.143.